The summed E-state index contributed by atoms with van der Waals surface area (Å²) in [6.07, 6.45) is -3.14. The van der Waals surface area contributed by atoms with E-state index in [0.717, 1.165) is 5.75 Å². The summed E-state index contributed by atoms with van der Waals surface area (Å²) in [6, 6.07) is 12.7. The SMILES string of the molecule is O=C(NCC(F)(F)F)c1ccc(C(=O)N2CCC(Oc3ccc(Cl)cc3)CC2)cc1. The van der Waals surface area contributed by atoms with E-state index in [2.05, 4.69) is 0 Å². The highest BCUT2D eigenvalue weighted by Gasteiger charge is 2.28. The van der Waals surface area contributed by atoms with Gasteiger partial charge in [0.1, 0.15) is 18.4 Å². The average Bonchev–Trinajstić information content (AvgIpc) is 2.73. The first-order chi connectivity index (χ1) is 14.2. The molecule has 1 fully saturated rings. The molecule has 1 N–H and O–H groups in total. The first-order valence-corrected chi connectivity index (χ1v) is 9.75. The number of hydrogen-bond donors (Lipinski definition) is 1. The van der Waals surface area contributed by atoms with E-state index in [9.17, 15) is 22.8 Å². The molecule has 9 heteroatoms. The minimum atomic E-state index is -4.48. The Morgan fingerprint density at radius 2 is 1.57 bits per heavy atom. The Bertz CT molecular complexity index is 878. The summed E-state index contributed by atoms with van der Waals surface area (Å²) >= 11 is 5.86. The van der Waals surface area contributed by atoms with E-state index in [0.29, 0.717) is 36.5 Å². The van der Waals surface area contributed by atoms with Crippen molar-refractivity contribution in [2.45, 2.75) is 25.1 Å². The standard InChI is InChI=1S/C21H20ClF3N2O3/c22-16-5-7-17(8-6-16)30-18-9-11-27(12-10-18)20(29)15-3-1-14(2-4-15)19(28)26-13-21(23,24)25/h1-8,18H,9-13H2,(H,26,28). The number of piperidine rings is 1. The molecule has 2 aromatic carbocycles. The second-order valence-electron chi connectivity index (χ2n) is 6.94. The molecule has 1 aliphatic heterocycles. The lowest BCUT2D eigenvalue weighted by Gasteiger charge is -2.32. The van der Waals surface area contributed by atoms with E-state index < -0.39 is 18.6 Å². The molecule has 0 spiro atoms. The van der Waals surface area contributed by atoms with Crippen molar-refractivity contribution in [1.82, 2.24) is 10.2 Å². The van der Waals surface area contributed by atoms with Crippen molar-refractivity contribution >= 4 is 23.4 Å². The minimum absolute atomic E-state index is 0.00469. The zero-order valence-electron chi connectivity index (χ0n) is 15.9. The first kappa shape index (κ1) is 22.0. The van der Waals surface area contributed by atoms with E-state index in [1.165, 1.54) is 24.3 Å². The largest absolute Gasteiger partial charge is 0.490 e. The molecule has 1 heterocycles. The third-order valence-corrected chi connectivity index (χ3v) is 4.94. The summed E-state index contributed by atoms with van der Waals surface area (Å²) in [7, 11) is 0. The van der Waals surface area contributed by atoms with Gasteiger partial charge in [-0.3, -0.25) is 9.59 Å². The highest BCUT2D eigenvalue weighted by Crippen LogP contribution is 2.22. The van der Waals surface area contributed by atoms with E-state index in [-0.39, 0.29) is 17.6 Å². The molecule has 0 aromatic heterocycles. The molecule has 0 unspecified atom stereocenters. The van der Waals surface area contributed by atoms with Gasteiger partial charge in [-0.15, -0.1) is 0 Å². The van der Waals surface area contributed by atoms with Crippen molar-refractivity contribution in [3.63, 3.8) is 0 Å². The van der Waals surface area contributed by atoms with Crippen molar-refractivity contribution in [3.8, 4) is 5.75 Å². The predicted octanol–water partition coefficient (Wildman–Crippen LogP) is 4.32. The maximum atomic E-state index is 12.7. The van der Waals surface area contributed by atoms with Crippen LogP contribution in [0.4, 0.5) is 13.2 Å². The molecule has 3 rings (SSSR count). The fraction of sp³-hybridized carbons (Fsp3) is 0.333. The van der Waals surface area contributed by atoms with Gasteiger partial charge in [-0.05, 0) is 48.5 Å². The van der Waals surface area contributed by atoms with Gasteiger partial charge in [0.05, 0.1) is 0 Å². The number of carbonyl (C=O) groups excluding carboxylic acids is 2. The van der Waals surface area contributed by atoms with Crippen LogP contribution in [0, 0.1) is 0 Å². The molecule has 2 aromatic rings. The maximum Gasteiger partial charge on any atom is 0.405 e. The average molecular weight is 441 g/mol. The summed E-state index contributed by atoms with van der Waals surface area (Å²) in [5.41, 5.74) is 0.435. The zero-order valence-corrected chi connectivity index (χ0v) is 16.7. The van der Waals surface area contributed by atoms with Gasteiger partial charge in [-0.1, -0.05) is 11.6 Å². The summed E-state index contributed by atoms with van der Waals surface area (Å²) in [5, 5.41) is 2.43. The van der Waals surface area contributed by atoms with Gasteiger partial charge in [-0.2, -0.15) is 13.2 Å². The van der Waals surface area contributed by atoms with Crippen molar-refractivity contribution in [2.75, 3.05) is 19.6 Å². The van der Waals surface area contributed by atoms with E-state index in [4.69, 9.17) is 16.3 Å². The molecule has 0 aliphatic carbocycles. The number of nitrogens with zero attached hydrogens (tertiary/aromatic N) is 1. The first-order valence-electron chi connectivity index (χ1n) is 9.38. The van der Waals surface area contributed by atoms with E-state index in [1.54, 1.807) is 34.5 Å². The number of carbonyl (C=O) groups is 2. The van der Waals surface area contributed by atoms with Crippen LogP contribution >= 0.6 is 11.6 Å². The number of amides is 2. The van der Waals surface area contributed by atoms with Crippen LogP contribution in [0.5, 0.6) is 5.75 Å². The van der Waals surface area contributed by atoms with Crippen LogP contribution in [0.1, 0.15) is 33.6 Å². The van der Waals surface area contributed by atoms with Crippen molar-refractivity contribution in [2.24, 2.45) is 0 Å². The summed E-state index contributed by atoms with van der Waals surface area (Å²) < 4.78 is 42.5. The molecular weight excluding hydrogens is 421 g/mol. The number of rotatable bonds is 5. The van der Waals surface area contributed by atoms with Crippen molar-refractivity contribution in [1.29, 1.82) is 0 Å². The van der Waals surface area contributed by atoms with Crippen molar-refractivity contribution in [3.05, 3.63) is 64.7 Å². The van der Waals surface area contributed by atoms with Gasteiger partial charge in [0.25, 0.3) is 11.8 Å². The highest BCUT2D eigenvalue weighted by atomic mass is 35.5. The summed E-state index contributed by atoms with van der Waals surface area (Å²) in [6.45, 7) is -0.366. The van der Waals surface area contributed by atoms with Crippen LogP contribution in [0.2, 0.25) is 5.02 Å². The Morgan fingerprint density at radius 3 is 2.13 bits per heavy atom. The lowest BCUT2D eigenvalue weighted by Crippen LogP contribution is -2.41. The highest BCUT2D eigenvalue weighted by molar-refractivity contribution is 6.30. The van der Waals surface area contributed by atoms with Crippen LogP contribution in [-0.4, -0.2) is 48.6 Å². The number of ether oxygens (including phenoxy) is 1. The number of halogens is 4. The lowest BCUT2D eigenvalue weighted by molar-refractivity contribution is -0.123. The van der Waals surface area contributed by atoms with Crippen molar-refractivity contribution < 1.29 is 27.5 Å². The quantitative estimate of drug-likeness (QED) is 0.753. The molecule has 5 nitrogen and oxygen atoms in total. The van der Waals surface area contributed by atoms with Gasteiger partial charge >= 0.3 is 6.18 Å². The number of benzene rings is 2. The monoisotopic (exact) mass is 440 g/mol. The number of likely N-dealkylation sites (tertiary alicyclic amines) is 1. The second-order valence-corrected chi connectivity index (χ2v) is 7.37. The Balaban J connectivity index is 1.51. The van der Waals surface area contributed by atoms with Gasteiger partial charge in [0.15, 0.2) is 0 Å². The molecule has 1 saturated heterocycles. The number of alkyl halides is 3. The van der Waals surface area contributed by atoms with Crippen LogP contribution in [0.15, 0.2) is 48.5 Å². The molecule has 30 heavy (non-hydrogen) atoms. The molecule has 0 radical (unpaired) electrons. The normalized spacial score (nSPS) is 15.0. The third kappa shape index (κ3) is 6.13. The van der Waals surface area contributed by atoms with E-state index in [1.807, 2.05) is 0 Å². The van der Waals surface area contributed by atoms with Crippen LogP contribution in [0.3, 0.4) is 0 Å². The molecule has 0 bridgehead atoms. The number of hydrogen-bond acceptors (Lipinski definition) is 3. The Labute approximate surface area is 176 Å². The van der Waals surface area contributed by atoms with E-state index >= 15 is 0 Å². The second kappa shape index (κ2) is 9.38. The van der Waals surface area contributed by atoms with Crippen LogP contribution < -0.4 is 10.1 Å². The predicted molar refractivity (Wildman–Crippen MR) is 106 cm³/mol. The fourth-order valence-corrected chi connectivity index (χ4v) is 3.24. The Hall–Kier alpha value is -2.74. The Kier molecular flexibility index (Phi) is 6.87. The molecule has 1 aliphatic rings. The molecule has 0 atom stereocenters. The Morgan fingerprint density at radius 1 is 1.00 bits per heavy atom. The minimum Gasteiger partial charge on any atom is -0.490 e. The van der Waals surface area contributed by atoms with Gasteiger partial charge < -0.3 is 15.0 Å². The van der Waals surface area contributed by atoms with Crippen LogP contribution in [-0.2, 0) is 0 Å². The summed E-state index contributed by atoms with van der Waals surface area (Å²) in [5.74, 6) is -0.308. The maximum absolute atomic E-state index is 12.7. The summed E-state index contributed by atoms with van der Waals surface area (Å²) in [4.78, 5) is 26.1. The topological polar surface area (TPSA) is 58.6 Å². The lowest BCUT2D eigenvalue weighted by atomic mass is 10.1. The fourth-order valence-electron chi connectivity index (χ4n) is 3.11. The molecule has 160 valence electrons. The smallest absolute Gasteiger partial charge is 0.405 e. The zero-order chi connectivity index (χ0) is 21.7. The van der Waals surface area contributed by atoms with Gasteiger partial charge in [-0.25, -0.2) is 0 Å². The number of nitrogens with one attached hydrogen (secondary N) is 1. The molecule has 2 amide bonds. The molecule has 0 saturated carbocycles. The van der Waals surface area contributed by atoms with Gasteiger partial charge in [0.2, 0.25) is 0 Å². The van der Waals surface area contributed by atoms with Gasteiger partial charge in [0, 0.05) is 42.1 Å². The van der Waals surface area contributed by atoms with Crippen LogP contribution in [0.25, 0.3) is 0 Å². The third-order valence-electron chi connectivity index (χ3n) is 4.69. The molecular formula is C21H20ClF3N2O3.